The Morgan fingerprint density at radius 3 is 2.79 bits per heavy atom. The number of halogens is 3. The van der Waals surface area contributed by atoms with Gasteiger partial charge in [-0.25, -0.2) is 4.98 Å². The summed E-state index contributed by atoms with van der Waals surface area (Å²) in [6, 6.07) is 10.4. The van der Waals surface area contributed by atoms with Gasteiger partial charge in [0.15, 0.2) is 0 Å². The maximum Gasteiger partial charge on any atom is 0.416 e. The fourth-order valence-corrected chi connectivity index (χ4v) is 5.50. The van der Waals surface area contributed by atoms with Crippen LogP contribution in [0.5, 0.6) is 0 Å². The van der Waals surface area contributed by atoms with E-state index in [9.17, 15) is 18.4 Å². The van der Waals surface area contributed by atoms with Gasteiger partial charge in [-0.3, -0.25) is 0 Å². The van der Waals surface area contributed by atoms with Gasteiger partial charge in [-0.15, -0.1) is 0 Å². The molecule has 178 valence electrons. The van der Waals surface area contributed by atoms with E-state index in [1.54, 1.807) is 0 Å². The minimum Gasteiger partial charge on any atom is -0.361 e. The van der Waals surface area contributed by atoms with Crippen molar-refractivity contribution in [2.45, 2.75) is 44.3 Å². The second kappa shape index (κ2) is 9.30. The first-order chi connectivity index (χ1) is 16.4. The number of anilines is 1. The van der Waals surface area contributed by atoms with Crippen LogP contribution in [0.3, 0.4) is 0 Å². The Morgan fingerprint density at radius 2 is 1.97 bits per heavy atom. The molecule has 3 aliphatic rings. The van der Waals surface area contributed by atoms with Crippen LogP contribution in [-0.4, -0.2) is 47.1 Å². The topological polar surface area (TPSA) is 59.0 Å². The van der Waals surface area contributed by atoms with E-state index < -0.39 is 11.7 Å². The number of aryl methyl sites for hydroxylation is 1. The van der Waals surface area contributed by atoms with E-state index in [0.717, 1.165) is 75.3 Å². The summed E-state index contributed by atoms with van der Waals surface area (Å²) >= 11 is 0. The number of benzene rings is 1. The number of alkyl halides is 3. The molecule has 5 nitrogen and oxygen atoms in total. The number of rotatable bonds is 6. The second-order valence-corrected chi connectivity index (χ2v) is 9.55. The summed E-state index contributed by atoms with van der Waals surface area (Å²) in [4.78, 5) is 12.2. The lowest BCUT2D eigenvalue weighted by Gasteiger charge is -2.37. The lowest BCUT2D eigenvalue weighted by molar-refractivity contribution is -0.137. The van der Waals surface area contributed by atoms with Crippen LogP contribution in [0.4, 0.5) is 19.0 Å². The maximum atomic E-state index is 13.2. The van der Waals surface area contributed by atoms with Gasteiger partial charge in [0.25, 0.3) is 0 Å². The highest BCUT2D eigenvalue weighted by atomic mass is 19.4. The quantitative estimate of drug-likeness (QED) is 0.495. The van der Waals surface area contributed by atoms with Crippen molar-refractivity contribution in [3.8, 4) is 6.07 Å². The molecule has 0 aliphatic carbocycles. The Bertz CT molecular complexity index is 1200. The minimum absolute atomic E-state index is 0.202. The molecule has 2 bridgehead atoms. The van der Waals surface area contributed by atoms with Crippen molar-refractivity contribution in [1.82, 2.24) is 14.9 Å². The fraction of sp³-hybridized carbons (Fsp3) is 0.462. The van der Waals surface area contributed by atoms with Gasteiger partial charge in [0.1, 0.15) is 5.82 Å². The summed E-state index contributed by atoms with van der Waals surface area (Å²) in [6.45, 7) is 3.62. The van der Waals surface area contributed by atoms with Gasteiger partial charge in [0.05, 0.1) is 17.2 Å². The van der Waals surface area contributed by atoms with Crippen molar-refractivity contribution in [2.75, 3.05) is 31.1 Å². The van der Waals surface area contributed by atoms with Crippen molar-refractivity contribution in [2.24, 2.45) is 5.92 Å². The molecule has 2 aromatic heterocycles. The molecule has 3 saturated heterocycles. The van der Waals surface area contributed by atoms with Crippen LogP contribution in [0, 0.1) is 17.2 Å². The van der Waals surface area contributed by atoms with Crippen molar-refractivity contribution >= 4 is 16.7 Å². The summed E-state index contributed by atoms with van der Waals surface area (Å²) < 4.78 is 39.6. The van der Waals surface area contributed by atoms with Gasteiger partial charge in [-0.2, -0.15) is 18.4 Å². The first-order valence-electron chi connectivity index (χ1n) is 11.9. The molecule has 0 spiro atoms. The number of fused-ring (bicyclic) bond motifs is 5. The number of piperidine rings is 1. The van der Waals surface area contributed by atoms with Gasteiger partial charge >= 0.3 is 6.18 Å². The van der Waals surface area contributed by atoms with Crippen molar-refractivity contribution < 1.29 is 13.2 Å². The molecule has 34 heavy (non-hydrogen) atoms. The Morgan fingerprint density at radius 1 is 1.09 bits per heavy atom. The van der Waals surface area contributed by atoms with Gasteiger partial charge in [0, 0.05) is 49.0 Å². The second-order valence-electron chi connectivity index (χ2n) is 9.55. The molecule has 3 aromatic rings. The molecule has 2 atom stereocenters. The molecule has 1 aromatic carbocycles. The van der Waals surface area contributed by atoms with E-state index in [1.807, 2.05) is 24.4 Å². The third-order valence-corrected chi connectivity index (χ3v) is 7.22. The van der Waals surface area contributed by atoms with E-state index in [2.05, 4.69) is 25.8 Å². The lowest BCUT2D eigenvalue weighted by Crippen LogP contribution is -2.44. The minimum atomic E-state index is -4.35. The van der Waals surface area contributed by atoms with Crippen LogP contribution >= 0.6 is 0 Å². The molecule has 0 radical (unpaired) electrons. The molecular weight excluding hydrogens is 439 g/mol. The number of hydrogen-bond acceptors (Lipinski definition) is 4. The fourth-order valence-electron chi connectivity index (χ4n) is 5.50. The van der Waals surface area contributed by atoms with Gasteiger partial charge < -0.3 is 14.8 Å². The smallest absolute Gasteiger partial charge is 0.361 e. The molecule has 0 amide bonds. The molecule has 1 N–H and O–H groups in total. The summed E-state index contributed by atoms with van der Waals surface area (Å²) in [5.74, 6) is 0.899. The van der Waals surface area contributed by atoms with E-state index >= 15 is 0 Å². The maximum absolute atomic E-state index is 13.2. The molecule has 2 unspecified atom stereocenters. The van der Waals surface area contributed by atoms with Crippen LogP contribution in [0.2, 0.25) is 0 Å². The average Bonchev–Trinajstić information content (AvgIpc) is 3.01. The molecule has 3 fully saturated rings. The van der Waals surface area contributed by atoms with Crippen LogP contribution in [0.1, 0.15) is 42.4 Å². The standard InChI is InChI=1S/C26H28F3N5/c27-26(28,29)21-8-9-31-25(12-21)34-16-19-4-6-22(34)17-33(15-19)10-2-1-3-20-14-32-24-7-5-18(13-30)11-23(20)24/h5,7-9,11-12,14,19,22,32H,1-4,6,10,15-17H2. The highest BCUT2D eigenvalue weighted by molar-refractivity contribution is 5.84. The number of unbranched alkanes of at least 4 members (excludes halogenated alkanes) is 1. The Kier molecular flexibility index (Phi) is 6.22. The van der Waals surface area contributed by atoms with Gasteiger partial charge in [-0.1, -0.05) is 0 Å². The third-order valence-electron chi connectivity index (χ3n) is 7.22. The lowest BCUT2D eigenvalue weighted by atomic mass is 9.95. The SMILES string of the molecule is N#Cc1ccc2[nH]cc(CCCCN3CC4CCC(C3)N(c3cc(C(F)(F)F)ccn3)C4)c2c1. The summed E-state index contributed by atoms with van der Waals surface area (Å²) in [6.07, 6.45) is 4.14. The zero-order valence-corrected chi connectivity index (χ0v) is 19.0. The van der Waals surface area contributed by atoms with Gasteiger partial charge in [-0.05, 0) is 80.5 Å². The van der Waals surface area contributed by atoms with Crippen LogP contribution in [0.15, 0.2) is 42.7 Å². The summed E-state index contributed by atoms with van der Waals surface area (Å²) in [5.41, 5.74) is 2.34. The monoisotopic (exact) mass is 467 g/mol. The Balaban J connectivity index is 1.19. The van der Waals surface area contributed by atoms with Crippen molar-refractivity contribution in [1.29, 1.82) is 5.26 Å². The number of nitriles is 1. The number of nitrogens with one attached hydrogen (secondary N) is 1. The Labute approximate surface area is 197 Å². The van der Waals surface area contributed by atoms with Crippen LogP contribution in [-0.2, 0) is 12.6 Å². The number of hydrogen-bond donors (Lipinski definition) is 1. The number of aromatic amines is 1. The van der Waals surface area contributed by atoms with Crippen molar-refractivity contribution in [3.63, 3.8) is 0 Å². The molecule has 8 heteroatoms. The average molecular weight is 468 g/mol. The van der Waals surface area contributed by atoms with E-state index in [0.29, 0.717) is 17.3 Å². The highest BCUT2D eigenvalue weighted by Gasteiger charge is 2.37. The van der Waals surface area contributed by atoms with E-state index in [4.69, 9.17) is 0 Å². The zero-order valence-electron chi connectivity index (χ0n) is 19.0. The molecule has 5 heterocycles. The number of aromatic nitrogens is 2. The van der Waals surface area contributed by atoms with E-state index in [-0.39, 0.29) is 6.04 Å². The largest absolute Gasteiger partial charge is 0.416 e. The van der Waals surface area contributed by atoms with E-state index in [1.165, 1.54) is 17.8 Å². The zero-order chi connectivity index (χ0) is 23.7. The number of pyridine rings is 1. The molecule has 6 rings (SSSR count). The van der Waals surface area contributed by atoms with Crippen LogP contribution < -0.4 is 4.90 Å². The predicted molar refractivity (Wildman–Crippen MR) is 125 cm³/mol. The highest BCUT2D eigenvalue weighted by Crippen LogP contribution is 2.35. The normalized spacial score (nSPS) is 21.1. The summed E-state index contributed by atoms with van der Waals surface area (Å²) in [5, 5.41) is 10.3. The van der Waals surface area contributed by atoms with Crippen LogP contribution in [0.25, 0.3) is 10.9 Å². The molecule has 3 aliphatic heterocycles. The third kappa shape index (κ3) is 4.76. The molecular formula is C26H28F3N5. The number of H-pyrrole nitrogens is 1. The Hall–Kier alpha value is -3.05. The molecule has 0 saturated carbocycles. The summed E-state index contributed by atoms with van der Waals surface area (Å²) in [7, 11) is 0. The predicted octanol–water partition coefficient (Wildman–Crippen LogP) is 5.38. The first kappa shape index (κ1) is 22.7. The number of nitrogens with zero attached hydrogens (tertiary/aromatic N) is 4. The van der Waals surface area contributed by atoms with Crippen molar-refractivity contribution in [3.05, 3.63) is 59.4 Å². The van der Waals surface area contributed by atoms with Gasteiger partial charge in [0.2, 0.25) is 0 Å². The first-order valence-corrected chi connectivity index (χ1v) is 11.9.